The molecule has 10 heteroatoms. The van der Waals surface area contributed by atoms with Gasteiger partial charge in [-0.2, -0.15) is 0 Å². The van der Waals surface area contributed by atoms with Gasteiger partial charge in [-0.25, -0.2) is 13.8 Å². The minimum absolute atomic E-state index is 0.312. The summed E-state index contributed by atoms with van der Waals surface area (Å²) in [5.41, 5.74) is 3.83. The number of ether oxygens (including phenoxy) is 3. The van der Waals surface area contributed by atoms with E-state index in [-0.39, 0.29) is 6.10 Å². The number of aromatic nitrogens is 2. The Morgan fingerprint density at radius 1 is 1.05 bits per heavy atom. The van der Waals surface area contributed by atoms with E-state index in [1.165, 1.54) is 17.2 Å². The molecule has 2 atom stereocenters. The van der Waals surface area contributed by atoms with E-state index in [1.807, 2.05) is 35.0 Å². The number of benzene rings is 3. The van der Waals surface area contributed by atoms with Gasteiger partial charge in [0.2, 0.25) is 5.79 Å². The number of hydrogen-bond acceptors (Lipinski definition) is 5. The highest BCUT2D eigenvalue weighted by Gasteiger charge is 2.45. The molecule has 6 nitrogen and oxygen atoms in total. The second-order valence-electron chi connectivity index (χ2n) is 10.5. The number of imidazole rings is 1. The van der Waals surface area contributed by atoms with E-state index in [9.17, 15) is 8.78 Å². The van der Waals surface area contributed by atoms with Crippen molar-refractivity contribution >= 4 is 29.3 Å². The predicted octanol–water partition coefficient (Wildman–Crippen LogP) is 6.89. The molecule has 6 rings (SSSR count). The molecule has 2 aliphatic rings. The lowest BCUT2D eigenvalue weighted by atomic mass is 9.99. The molecule has 0 N–H and O–H groups in total. The normalized spacial score (nSPS) is 20.7. The Morgan fingerprint density at radius 3 is 2.76 bits per heavy atom. The molecule has 1 aromatic heterocycles. The summed E-state index contributed by atoms with van der Waals surface area (Å²) in [4.78, 5) is 6.45. The Morgan fingerprint density at radius 2 is 1.95 bits per heavy atom. The van der Waals surface area contributed by atoms with Crippen LogP contribution in [-0.2, 0) is 34.8 Å². The van der Waals surface area contributed by atoms with Crippen LogP contribution in [0.2, 0.25) is 10.0 Å². The van der Waals surface area contributed by atoms with Crippen LogP contribution in [0.15, 0.2) is 79.4 Å². The van der Waals surface area contributed by atoms with Crippen LogP contribution in [0.1, 0.15) is 22.3 Å². The lowest BCUT2D eigenvalue weighted by Crippen LogP contribution is -2.34. The van der Waals surface area contributed by atoms with Crippen molar-refractivity contribution in [2.24, 2.45) is 0 Å². The van der Waals surface area contributed by atoms with E-state index in [0.29, 0.717) is 47.5 Å². The number of rotatable bonds is 9. The van der Waals surface area contributed by atoms with Crippen LogP contribution < -0.4 is 4.74 Å². The summed E-state index contributed by atoms with van der Waals surface area (Å²) in [5, 5.41) is 1.00. The number of halogens is 4. The third-order valence-corrected chi connectivity index (χ3v) is 8.02. The monoisotopic (exact) mass is 611 g/mol. The maximum absolute atomic E-state index is 13.4. The summed E-state index contributed by atoms with van der Waals surface area (Å²) in [6.45, 7) is 3.43. The summed E-state index contributed by atoms with van der Waals surface area (Å²) in [5.74, 6) is -2.00. The summed E-state index contributed by atoms with van der Waals surface area (Å²) in [6.07, 6.45) is 9.62. The molecule has 3 aromatic carbocycles. The zero-order chi connectivity index (χ0) is 29.1. The fourth-order valence-corrected chi connectivity index (χ4v) is 5.90. The molecule has 42 heavy (non-hydrogen) atoms. The molecule has 2 aliphatic heterocycles. The molecular weight excluding hydrogens is 583 g/mol. The van der Waals surface area contributed by atoms with E-state index in [1.54, 1.807) is 30.7 Å². The largest absolute Gasteiger partial charge is 0.491 e. The van der Waals surface area contributed by atoms with Crippen molar-refractivity contribution < 1.29 is 23.0 Å². The fraction of sp³-hybridized carbons (Fsp3) is 0.281. The summed E-state index contributed by atoms with van der Waals surface area (Å²) in [7, 11) is 0. The maximum Gasteiger partial charge on any atom is 0.215 e. The first-order valence-electron chi connectivity index (χ1n) is 13.7. The van der Waals surface area contributed by atoms with Gasteiger partial charge in [-0.05, 0) is 59.5 Å². The van der Waals surface area contributed by atoms with E-state index >= 15 is 0 Å². The molecule has 0 bridgehead atoms. The topological polar surface area (TPSA) is 48.8 Å². The van der Waals surface area contributed by atoms with E-state index in [2.05, 4.69) is 22.0 Å². The van der Waals surface area contributed by atoms with Gasteiger partial charge in [0, 0.05) is 42.6 Å². The SMILES string of the molecule is Fc1ccc(C=CCN2CCc3cc(OC[C@H]4CO[C@](Cn5ccnc5)(c5ccc(Cl)cc5Cl)O4)ccc3C2)cc1F. The first-order valence-corrected chi connectivity index (χ1v) is 14.4. The van der Waals surface area contributed by atoms with Crippen molar-refractivity contribution in [1.29, 1.82) is 0 Å². The number of nitrogens with zero attached hydrogens (tertiary/aromatic N) is 3. The molecule has 0 spiro atoms. The summed E-state index contributed by atoms with van der Waals surface area (Å²) in [6, 6.07) is 15.4. The third kappa shape index (κ3) is 6.53. The molecule has 0 amide bonds. The fourth-order valence-electron chi connectivity index (χ4n) is 5.35. The second kappa shape index (κ2) is 12.5. The Hall–Kier alpha value is -3.27. The maximum atomic E-state index is 13.4. The number of fused-ring (bicyclic) bond motifs is 1. The van der Waals surface area contributed by atoms with Crippen LogP contribution in [0.3, 0.4) is 0 Å². The molecule has 4 aromatic rings. The summed E-state index contributed by atoms with van der Waals surface area (Å²) >= 11 is 12.7. The second-order valence-corrected chi connectivity index (χ2v) is 11.3. The Labute approximate surface area is 253 Å². The van der Waals surface area contributed by atoms with Crippen molar-refractivity contribution in [3.8, 4) is 5.75 Å². The average molecular weight is 613 g/mol. The van der Waals surface area contributed by atoms with Gasteiger partial charge in [-0.15, -0.1) is 0 Å². The lowest BCUT2D eigenvalue weighted by molar-refractivity contribution is -0.189. The van der Waals surface area contributed by atoms with Crippen LogP contribution >= 0.6 is 23.2 Å². The van der Waals surface area contributed by atoms with Gasteiger partial charge in [0.25, 0.3) is 0 Å². The minimum Gasteiger partial charge on any atom is -0.491 e. The van der Waals surface area contributed by atoms with Crippen LogP contribution in [0.5, 0.6) is 5.75 Å². The third-order valence-electron chi connectivity index (χ3n) is 7.47. The van der Waals surface area contributed by atoms with E-state index in [0.717, 1.165) is 31.3 Å². The standard InChI is InChI=1S/C32H29Cl2F2N3O3/c33-25-5-7-28(29(34)16-25)32(20-39-13-10-37-21-39)41-19-27(42-32)18-40-26-6-4-24-17-38(12-9-23(24)15-26)11-1-2-22-3-8-30(35)31(36)14-22/h1-8,10,13-16,21,27H,9,11-12,17-20H2/t27-,32-/m0/s1. The van der Waals surface area contributed by atoms with Crippen LogP contribution in [-0.4, -0.2) is 46.9 Å². The van der Waals surface area contributed by atoms with Crippen molar-refractivity contribution in [3.63, 3.8) is 0 Å². The molecule has 0 saturated carbocycles. The van der Waals surface area contributed by atoms with Crippen molar-refractivity contribution in [2.75, 3.05) is 26.3 Å². The average Bonchev–Trinajstić information content (AvgIpc) is 3.64. The van der Waals surface area contributed by atoms with Crippen molar-refractivity contribution in [2.45, 2.75) is 31.4 Å². The molecule has 0 unspecified atom stereocenters. The summed E-state index contributed by atoms with van der Waals surface area (Å²) < 4.78 is 47.4. The lowest BCUT2D eigenvalue weighted by Gasteiger charge is -2.30. The van der Waals surface area contributed by atoms with Gasteiger partial charge in [-0.3, -0.25) is 4.90 Å². The smallest absolute Gasteiger partial charge is 0.215 e. The molecule has 218 valence electrons. The van der Waals surface area contributed by atoms with Crippen molar-refractivity contribution in [1.82, 2.24) is 14.5 Å². The van der Waals surface area contributed by atoms with Gasteiger partial charge < -0.3 is 18.8 Å². The van der Waals surface area contributed by atoms with Gasteiger partial charge in [0.05, 0.1) is 24.5 Å². The van der Waals surface area contributed by atoms with Gasteiger partial charge in [0.1, 0.15) is 18.5 Å². The molecule has 0 radical (unpaired) electrons. The Balaban J connectivity index is 1.06. The highest BCUT2D eigenvalue weighted by atomic mass is 35.5. The molecule has 0 aliphatic carbocycles. The zero-order valence-corrected chi connectivity index (χ0v) is 24.2. The molecule has 1 saturated heterocycles. The van der Waals surface area contributed by atoms with E-state index < -0.39 is 17.4 Å². The highest BCUT2D eigenvalue weighted by molar-refractivity contribution is 6.35. The Bertz CT molecular complexity index is 1580. The molecular formula is C32H29Cl2F2N3O3. The van der Waals surface area contributed by atoms with Crippen LogP contribution in [0.4, 0.5) is 8.78 Å². The first-order chi connectivity index (χ1) is 20.4. The first kappa shape index (κ1) is 28.8. The van der Waals surface area contributed by atoms with Crippen molar-refractivity contribution in [3.05, 3.63) is 123 Å². The Kier molecular flexibility index (Phi) is 8.60. The quantitative estimate of drug-likeness (QED) is 0.206. The predicted molar refractivity (Wildman–Crippen MR) is 158 cm³/mol. The minimum atomic E-state index is -1.10. The molecule has 3 heterocycles. The van der Waals surface area contributed by atoms with Gasteiger partial charge in [0.15, 0.2) is 11.6 Å². The van der Waals surface area contributed by atoms with Crippen LogP contribution in [0, 0.1) is 11.6 Å². The van der Waals surface area contributed by atoms with Crippen LogP contribution in [0.25, 0.3) is 6.08 Å². The number of hydrogen-bond donors (Lipinski definition) is 0. The molecule has 1 fully saturated rings. The zero-order valence-electron chi connectivity index (χ0n) is 22.7. The van der Waals surface area contributed by atoms with Gasteiger partial charge in [-0.1, -0.05) is 53.6 Å². The van der Waals surface area contributed by atoms with E-state index in [4.69, 9.17) is 37.4 Å². The van der Waals surface area contributed by atoms with Gasteiger partial charge >= 0.3 is 0 Å². The highest BCUT2D eigenvalue weighted by Crippen LogP contribution is 2.40.